The highest BCUT2D eigenvalue weighted by atomic mass is 32.3. The van der Waals surface area contributed by atoms with E-state index in [2.05, 4.69) is 34.0 Å². The van der Waals surface area contributed by atoms with Gasteiger partial charge in [-0.15, -0.1) is 0 Å². The minimum Gasteiger partial charge on any atom is -0.243 e. The summed E-state index contributed by atoms with van der Waals surface area (Å²) in [6, 6.07) is 0. The van der Waals surface area contributed by atoms with Gasteiger partial charge in [0.25, 0.3) is 0 Å². The smallest absolute Gasteiger partial charge is 0.0194 e. The lowest BCUT2D eigenvalue weighted by atomic mass is 10.00. The van der Waals surface area contributed by atoms with Crippen molar-refractivity contribution in [3.05, 3.63) is 0 Å². The molecule has 1 fully saturated rings. The van der Waals surface area contributed by atoms with E-state index in [1.807, 2.05) is 0 Å². The fourth-order valence-electron chi connectivity index (χ4n) is 3.12. The Bertz CT molecular complexity index is 176. The molecule has 0 radical (unpaired) electrons. The topological polar surface area (TPSA) is 0 Å². The monoisotopic (exact) mass is 230 g/mol. The standard InChI is InChI=1S/C14H30S/c1-6-13(7-2)9-15(5)10-14(11-15)8-12(3)4/h12-14H,6-11H2,1-5H3. The Morgan fingerprint density at radius 2 is 1.67 bits per heavy atom. The van der Waals surface area contributed by atoms with Crippen molar-refractivity contribution in [2.24, 2.45) is 17.8 Å². The SMILES string of the molecule is CCC(CC)CS1(C)CC(CC(C)C)C1. The van der Waals surface area contributed by atoms with Crippen molar-refractivity contribution in [2.75, 3.05) is 23.5 Å². The minimum atomic E-state index is -0.157. The summed E-state index contributed by atoms with van der Waals surface area (Å²) >= 11 is 0. The molecule has 1 aliphatic heterocycles. The molecule has 15 heavy (non-hydrogen) atoms. The van der Waals surface area contributed by atoms with Crippen molar-refractivity contribution >= 4 is 10.0 Å². The van der Waals surface area contributed by atoms with E-state index in [-0.39, 0.29) is 10.0 Å². The zero-order chi connectivity index (χ0) is 11.5. The van der Waals surface area contributed by atoms with Crippen LogP contribution in [0, 0.1) is 17.8 Å². The largest absolute Gasteiger partial charge is 0.243 e. The fraction of sp³-hybridized carbons (Fsp3) is 1.00. The molecule has 0 amide bonds. The first-order valence-corrected chi connectivity index (χ1v) is 9.25. The highest BCUT2D eigenvalue weighted by Crippen LogP contribution is 2.59. The maximum Gasteiger partial charge on any atom is -0.0194 e. The van der Waals surface area contributed by atoms with Gasteiger partial charge in [-0.25, -0.2) is 10.0 Å². The summed E-state index contributed by atoms with van der Waals surface area (Å²) in [6.07, 6.45) is 6.87. The Kier molecular flexibility index (Phi) is 5.02. The molecule has 1 rings (SSSR count). The van der Waals surface area contributed by atoms with E-state index in [0.29, 0.717) is 0 Å². The maximum absolute atomic E-state index is 2.60. The third-order valence-corrected chi connectivity index (χ3v) is 7.70. The average Bonchev–Trinajstić information content (AvgIpc) is 2.11. The van der Waals surface area contributed by atoms with Gasteiger partial charge < -0.3 is 0 Å². The molecule has 1 heterocycles. The molecule has 1 heteroatoms. The quantitative estimate of drug-likeness (QED) is 0.629. The van der Waals surface area contributed by atoms with Gasteiger partial charge in [-0.05, 0) is 47.7 Å². The number of hydrogen-bond donors (Lipinski definition) is 0. The summed E-state index contributed by atoms with van der Waals surface area (Å²) in [4.78, 5) is 0. The first-order valence-electron chi connectivity index (χ1n) is 6.70. The molecule has 92 valence electrons. The Labute approximate surface area is 98.5 Å². The third kappa shape index (κ3) is 4.01. The van der Waals surface area contributed by atoms with Crippen molar-refractivity contribution in [2.45, 2.75) is 47.0 Å². The summed E-state index contributed by atoms with van der Waals surface area (Å²) in [6.45, 7) is 9.46. The van der Waals surface area contributed by atoms with Crippen LogP contribution in [0.5, 0.6) is 0 Å². The van der Waals surface area contributed by atoms with Crippen LogP contribution in [0.4, 0.5) is 0 Å². The van der Waals surface area contributed by atoms with E-state index in [9.17, 15) is 0 Å². The van der Waals surface area contributed by atoms with Crippen LogP contribution in [0.15, 0.2) is 0 Å². The van der Waals surface area contributed by atoms with Crippen molar-refractivity contribution in [1.82, 2.24) is 0 Å². The van der Waals surface area contributed by atoms with Gasteiger partial charge in [-0.3, -0.25) is 0 Å². The lowest BCUT2D eigenvalue weighted by Crippen LogP contribution is -2.36. The first-order chi connectivity index (χ1) is 6.99. The van der Waals surface area contributed by atoms with Crippen molar-refractivity contribution in [1.29, 1.82) is 0 Å². The molecular weight excluding hydrogens is 200 g/mol. The molecule has 0 aliphatic carbocycles. The van der Waals surface area contributed by atoms with Crippen LogP contribution in [-0.4, -0.2) is 23.5 Å². The highest BCUT2D eigenvalue weighted by molar-refractivity contribution is 8.34. The Morgan fingerprint density at radius 1 is 1.13 bits per heavy atom. The summed E-state index contributed by atoms with van der Waals surface area (Å²) in [5, 5.41) is 0. The van der Waals surface area contributed by atoms with E-state index >= 15 is 0 Å². The first kappa shape index (κ1) is 13.4. The van der Waals surface area contributed by atoms with Gasteiger partial charge in [0, 0.05) is 0 Å². The van der Waals surface area contributed by atoms with Crippen LogP contribution in [0.2, 0.25) is 0 Å². The van der Waals surface area contributed by atoms with E-state index in [1.165, 1.54) is 19.3 Å². The molecular formula is C14H30S. The Hall–Kier alpha value is 0.350. The van der Waals surface area contributed by atoms with Crippen molar-refractivity contribution in [3.63, 3.8) is 0 Å². The van der Waals surface area contributed by atoms with Gasteiger partial charge in [0.05, 0.1) is 0 Å². The molecule has 0 aromatic carbocycles. The second kappa shape index (κ2) is 5.61. The molecule has 1 saturated heterocycles. The Balaban J connectivity index is 2.27. The third-order valence-electron chi connectivity index (χ3n) is 3.87. The van der Waals surface area contributed by atoms with Gasteiger partial charge >= 0.3 is 0 Å². The predicted octanol–water partition coefficient (Wildman–Crippen LogP) is 4.53. The van der Waals surface area contributed by atoms with Gasteiger partial charge in [-0.2, -0.15) is 0 Å². The highest BCUT2D eigenvalue weighted by Gasteiger charge is 2.36. The molecule has 0 nitrogen and oxygen atoms in total. The molecule has 0 unspecified atom stereocenters. The molecule has 0 saturated carbocycles. The number of hydrogen-bond acceptors (Lipinski definition) is 0. The van der Waals surface area contributed by atoms with Crippen LogP contribution in [0.25, 0.3) is 0 Å². The van der Waals surface area contributed by atoms with E-state index in [1.54, 1.807) is 17.3 Å². The molecule has 0 N–H and O–H groups in total. The van der Waals surface area contributed by atoms with Crippen LogP contribution >= 0.6 is 10.0 Å². The summed E-state index contributed by atoms with van der Waals surface area (Å²) in [5.74, 6) is 7.74. The van der Waals surface area contributed by atoms with Gasteiger partial charge in [0.15, 0.2) is 0 Å². The predicted molar refractivity (Wildman–Crippen MR) is 75.1 cm³/mol. The van der Waals surface area contributed by atoms with E-state index < -0.39 is 0 Å². The fourth-order valence-corrected chi connectivity index (χ4v) is 7.45. The van der Waals surface area contributed by atoms with E-state index in [0.717, 1.165) is 17.8 Å². The molecule has 0 atom stereocenters. The number of rotatable bonds is 6. The van der Waals surface area contributed by atoms with Crippen molar-refractivity contribution < 1.29 is 0 Å². The summed E-state index contributed by atoms with van der Waals surface area (Å²) in [7, 11) is -0.157. The van der Waals surface area contributed by atoms with Crippen LogP contribution in [0.3, 0.4) is 0 Å². The zero-order valence-electron chi connectivity index (χ0n) is 11.4. The van der Waals surface area contributed by atoms with Crippen LogP contribution in [-0.2, 0) is 0 Å². The average molecular weight is 230 g/mol. The Morgan fingerprint density at radius 3 is 2.07 bits per heavy atom. The lowest BCUT2D eigenvalue weighted by molar-refractivity contribution is 0.454. The maximum atomic E-state index is 2.60. The summed E-state index contributed by atoms with van der Waals surface area (Å²) in [5.41, 5.74) is 0. The van der Waals surface area contributed by atoms with Gasteiger partial charge in [0.2, 0.25) is 0 Å². The molecule has 1 aliphatic rings. The van der Waals surface area contributed by atoms with Gasteiger partial charge in [-0.1, -0.05) is 40.5 Å². The molecule has 0 aromatic heterocycles. The minimum absolute atomic E-state index is 0.157. The molecule has 0 bridgehead atoms. The lowest BCUT2D eigenvalue weighted by Gasteiger charge is -2.52. The second-order valence-electron chi connectivity index (χ2n) is 6.16. The second-order valence-corrected chi connectivity index (χ2v) is 10.1. The summed E-state index contributed by atoms with van der Waals surface area (Å²) < 4.78 is 0. The van der Waals surface area contributed by atoms with Gasteiger partial charge in [0.1, 0.15) is 0 Å². The van der Waals surface area contributed by atoms with E-state index in [4.69, 9.17) is 0 Å². The normalized spacial score (nSPS) is 35.3. The molecule has 0 spiro atoms. The van der Waals surface area contributed by atoms with Crippen LogP contribution in [0.1, 0.15) is 47.0 Å². The van der Waals surface area contributed by atoms with Crippen molar-refractivity contribution in [3.8, 4) is 0 Å². The zero-order valence-corrected chi connectivity index (χ0v) is 12.2. The van der Waals surface area contributed by atoms with Crippen LogP contribution < -0.4 is 0 Å². The molecule has 0 aromatic rings.